The van der Waals surface area contributed by atoms with E-state index in [4.69, 9.17) is 4.74 Å². The minimum Gasteiger partial charge on any atom is -0.481 e. The zero-order chi connectivity index (χ0) is 14.7. The van der Waals surface area contributed by atoms with Crippen LogP contribution >= 0.6 is 0 Å². The van der Waals surface area contributed by atoms with Crippen LogP contribution in [0.5, 0.6) is 0 Å². The van der Waals surface area contributed by atoms with Crippen molar-refractivity contribution in [1.29, 1.82) is 0 Å². The molecule has 0 aliphatic carbocycles. The molecule has 0 aromatic heterocycles. The molecule has 0 bridgehead atoms. The van der Waals surface area contributed by atoms with Gasteiger partial charge in [-0.3, -0.25) is 9.59 Å². The molecular formula is C11H16F3NO4. The van der Waals surface area contributed by atoms with Crippen molar-refractivity contribution in [3.63, 3.8) is 0 Å². The minimum atomic E-state index is -4.91. The van der Waals surface area contributed by atoms with Crippen LogP contribution in [0.2, 0.25) is 0 Å². The maximum atomic E-state index is 12.3. The summed E-state index contributed by atoms with van der Waals surface area (Å²) in [6.07, 6.45) is -4.66. The number of piperidine rings is 1. The summed E-state index contributed by atoms with van der Waals surface area (Å²) in [5, 5.41) is 9.22. The lowest BCUT2D eigenvalue weighted by atomic mass is 9.76. The van der Waals surface area contributed by atoms with Gasteiger partial charge in [-0.2, -0.15) is 13.2 Å². The van der Waals surface area contributed by atoms with Gasteiger partial charge in [-0.15, -0.1) is 0 Å². The van der Waals surface area contributed by atoms with Gasteiger partial charge in [0.05, 0.1) is 5.41 Å². The SMILES string of the molecule is COCCC1(C(=O)O)CCN(C(=O)C(F)(F)F)CC1. The first-order valence-corrected chi connectivity index (χ1v) is 5.81. The molecule has 5 nitrogen and oxygen atoms in total. The first-order valence-electron chi connectivity index (χ1n) is 5.81. The smallest absolute Gasteiger partial charge is 0.471 e. The summed E-state index contributed by atoms with van der Waals surface area (Å²) in [6.45, 7) is -0.178. The first kappa shape index (κ1) is 15.7. The molecule has 0 radical (unpaired) electrons. The van der Waals surface area contributed by atoms with Gasteiger partial charge in [0.1, 0.15) is 0 Å². The van der Waals surface area contributed by atoms with Crippen molar-refractivity contribution in [2.24, 2.45) is 5.41 Å². The fourth-order valence-electron chi connectivity index (χ4n) is 2.19. The molecule has 1 fully saturated rings. The van der Waals surface area contributed by atoms with E-state index < -0.39 is 23.5 Å². The summed E-state index contributed by atoms with van der Waals surface area (Å²) >= 11 is 0. The van der Waals surface area contributed by atoms with Crippen molar-refractivity contribution in [3.8, 4) is 0 Å². The van der Waals surface area contributed by atoms with Gasteiger partial charge >= 0.3 is 18.1 Å². The van der Waals surface area contributed by atoms with E-state index in [1.54, 1.807) is 0 Å². The second-order valence-corrected chi connectivity index (χ2v) is 4.62. The van der Waals surface area contributed by atoms with E-state index >= 15 is 0 Å². The van der Waals surface area contributed by atoms with Crippen LogP contribution in [0, 0.1) is 5.41 Å². The number of ether oxygens (including phenoxy) is 1. The molecule has 0 aromatic rings. The molecule has 0 spiro atoms. The molecule has 0 aromatic carbocycles. The first-order chi connectivity index (χ1) is 8.73. The molecule has 1 heterocycles. The third kappa shape index (κ3) is 3.59. The summed E-state index contributed by atoms with van der Waals surface area (Å²) in [6, 6.07) is 0. The third-order valence-corrected chi connectivity index (χ3v) is 3.49. The number of nitrogens with zero attached hydrogens (tertiary/aromatic N) is 1. The fraction of sp³-hybridized carbons (Fsp3) is 0.818. The van der Waals surface area contributed by atoms with Crippen LogP contribution in [0.4, 0.5) is 13.2 Å². The predicted octanol–water partition coefficient (Wildman–Crippen LogP) is 1.28. The molecule has 0 saturated carbocycles. The van der Waals surface area contributed by atoms with Crippen LogP contribution in [-0.4, -0.2) is 54.9 Å². The van der Waals surface area contributed by atoms with Crippen molar-refractivity contribution in [2.45, 2.75) is 25.4 Å². The summed E-state index contributed by atoms with van der Waals surface area (Å²) in [5.41, 5.74) is -1.10. The number of amides is 1. The fourth-order valence-corrected chi connectivity index (χ4v) is 2.19. The Balaban J connectivity index is 2.68. The molecule has 1 saturated heterocycles. The van der Waals surface area contributed by atoms with Gasteiger partial charge in [-0.05, 0) is 19.3 Å². The number of carboxylic acid groups (broad SMARTS) is 1. The molecule has 110 valence electrons. The number of carboxylic acids is 1. The normalized spacial score (nSPS) is 19.3. The highest BCUT2D eigenvalue weighted by Crippen LogP contribution is 2.36. The summed E-state index contributed by atoms with van der Waals surface area (Å²) in [4.78, 5) is 23.0. The molecule has 1 N–H and O–H groups in total. The number of hydrogen-bond acceptors (Lipinski definition) is 3. The maximum absolute atomic E-state index is 12.3. The molecular weight excluding hydrogens is 267 g/mol. The van der Waals surface area contributed by atoms with Gasteiger partial charge in [0.25, 0.3) is 0 Å². The largest absolute Gasteiger partial charge is 0.481 e. The van der Waals surface area contributed by atoms with E-state index in [0.717, 1.165) is 0 Å². The molecule has 8 heteroatoms. The van der Waals surface area contributed by atoms with E-state index in [0.29, 0.717) is 4.90 Å². The quantitative estimate of drug-likeness (QED) is 0.844. The average molecular weight is 283 g/mol. The zero-order valence-electron chi connectivity index (χ0n) is 10.5. The standard InChI is InChI=1S/C11H16F3NO4/c1-19-7-4-10(9(17)18)2-5-15(6-3-10)8(16)11(12,13)14/h2-7H2,1H3,(H,17,18). The van der Waals surface area contributed by atoms with E-state index in [-0.39, 0.29) is 39.0 Å². The van der Waals surface area contributed by atoms with E-state index in [1.807, 2.05) is 0 Å². The third-order valence-electron chi connectivity index (χ3n) is 3.49. The van der Waals surface area contributed by atoms with Gasteiger partial charge < -0.3 is 14.7 Å². The van der Waals surface area contributed by atoms with Crippen molar-refractivity contribution >= 4 is 11.9 Å². The Kier molecular flexibility index (Phi) is 4.78. The van der Waals surface area contributed by atoms with Gasteiger partial charge in [0, 0.05) is 26.8 Å². The van der Waals surface area contributed by atoms with Crippen LogP contribution in [0.25, 0.3) is 0 Å². The summed E-state index contributed by atoms with van der Waals surface area (Å²) in [5.74, 6) is -2.96. The Morgan fingerprint density at radius 3 is 2.21 bits per heavy atom. The topological polar surface area (TPSA) is 66.8 Å². The lowest BCUT2D eigenvalue weighted by molar-refractivity contribution is -0.188. The molecule has 1 aliphatic heterocycles. The van der Waals surface area contributed by atoms with Crippen molar-refractivity contribution < 1.29 is 32.6 Å². The molecule has 1 amide bonds. The highest BCUT2D eigenvalue weighted by Gasteiger charge is 2.47. The van der Waals surface area contributed by atoms with Crippen LogP contribution in [0.1, 0.15) is 19.3 Å². The number of alkyl halides is 3. The highest BCUT2D eigenvalue weighted by atomic mass is 19.4. The number of carbonyl (C=O) groups excluding carboxylic acids is 1. The molecule has 1 rings (SSSR count). The Morgan fingerprint density at radius 1 is 1.32 bits per heavy atom. The number of rotatable bonds is 4. The number of methoxy groups -OCH3 is 1. The lowest BCUT2D eigenvalue weighted by Crippen LogP contribution is -2.50. The number of likely N-dealkylation sites (tertiary alicyclic amines) is 1. The molecule has 19 heavy (non-hydrogen) atoms. The Bertz CT molecular complexity index is 348. The van der Waals surface area contributed by atoms with Crippen molar-refractivity contribution in [3.05, 3.63) is 0 Å². The van der Waals surface area contributed by atoms with Gasteiger partial charge in [-0.1, -0.05) is 0 Å². The van der Waals surface area contributed by atoms with Gasteiger partial charge in [0.15, 0.2) is 0 Å². The molecule has 0 atom stereocenters. The summed E-state index contributed by atoms with van der Waals surface area (Å²) < 4.78 is 41.6. The summed E-state index contributed by atoms with van der Waals surface area (Å²) in [7, 11) is 1.43. The maximum Gasteiger partial charge on any atom is 0.471 e. The second kappa shape index (κ2) is 5.77. The monoisotopic (exact) mass is 283 g/mol. The number of hydrogen-bond donors (Lipinski definition) is 1. The van der Waals surface area contributed by atoms with Crippen LogP contribution in [-0.2, 0) is 14.3 Å². The van der Waals surface area contributed by atoms with E-state index in [9.17, 15) is 27.9 Å². The van der Waals surface area contributed by atoms with Crippen molar-refractivity contribution in [1.82, 2.24) is 4.90 Å². The van der Waals surface area contributed by atoms with Gasteiger partial charge in [0.2, 0.25) is 0 Å². The Labute approximate surface area is 108 Å². The lowest BCUT2D eigenvalue weighted by Gasteiger charge is -2.38. The molecule has 1 aliphatic rings. The molecule has 0 unspecified atom stereocenters. The van der Waals surface area contributed by atoms with Gasteiger partial charge in [-0.25, -0.2) is 0 Å². The van der Waals surface area contributed by atoms with Crippen LogP contribution in [0.3, 0.4) is 0 Å². The Morgan fingerprint density at radius 2 is 1.84 bits per heavy atom. The predicted molar refractivity (Wildman–Crippen MR) is 58.4 cm³/mol. The number of halogens is 3. The highest BCUT2D eigenvalue weighted by molar-refractivity contribution is 5.82. The van der Waals surface area contributed by atoms with Crippen LogP contribution in [0.15, 0.2) is 0 Å². The second-order valence-electron chi connectivity index (χ2n) is 4.62. The zero-order valence-corrected chi connectivity index (χ0v) is 10.5. The van der Waals surface area contributed by atoms with E-state index in [2.05, 4.69) is 0 Å². The minimum absolute atomic E-state index is 0.00745. The van der Waals surface area contributed by atoms with Crippen LogP contribution < -0.4 is 0 Å². The van der Waals surface area contributed by atoms with E-state index in [1.165, 1.54) is 7.11 Å². The Hall–Kier alpha value is -1.31. The number of aliphatic carboxylic acids is 1. The number of carbonyl (C=O) groups is 2. The average Bonchev–Trinajstić information content (AvgIpc) is 2.34. The van der Waals surface area contributed by atoms with Crippen molar-refractivity contribution in [2.75, 3.05) is 26.8 Å².